The Labute approximate surface area is 171 Å². The predicted molar refractivity (Wildman–Crippen MR) is 115 cm³/mol. The van der Waals surface area contributed by atoms with E-state index < -0.39 is 16.1 Å². The van der Waals surface area contributed by atoms with E-state index in [4.69, 9.17) is 4.74 Å². The first-order chi connectivity index (χ1) is 13.7. The van der Waals surface area contributed by atoms with Gasteiger partial charge in [0.05, 0.1) is 17.1 Å². The third kappa shape index (κ3) is 3.58. The smallest absolute Gasteiger partial charge is 0.265 e. The van der Waals surface area contributed by atoms with Crippen LogP contribution in [0.3, 0.4) is 0 Å². The molecule has 0 aromatic heterocycles. The summed E-state index contributed by atoms with van der Waals surface area (Å²) in [5.41, 5.74) is 1.85. The molecule has 0 radical (unpaired) electrons. The van der Waals surface area contributed by atoms with Gasteiger partial charge in [0.2, 0.25) is 0 Å². The first-order valence-corrected chi connectivity index (χ1v) is 11.1. The average Bonchev–Trinajstić information content (AvgIpc) is 2.89. The van der Waals surface area contributed by atoms with E-state index in [2.05, 4.69) is 20.8 Å². The number of hydrogen-bond acceptors (Lipinski definition) is 4. The quantitative estimate of drug-likeness (QED) is 0.687. The van der Waals surface area contributed by atoms with Gasteiger partial charge in [-0.25, -0.2) is 8.42 Å². The number of β-amino-alcohol motifs (C(OH)–C–C–N with tert-alkyl or cyclic N) is 1. The molecule has 0 bridgehead atoms. The molecule has 0 saturated carbocycles. The lowest BCUT2D eigenvalue weighted by molar-refractivity contribution is 0.115. The van der Waals surface area contributed by atoms with Gasteiger partial charge in [-0.3, -0.25) is 4.31 Å². The molecule has 0 aliphatic carbocycles. The summed E-state index contributed by atoms with van der Waals surface area (Å²) in [6, 6.07) is 18.5. The third-order valence-electron chi connectivity index (χ3n) is 5.22. The molecule has 3 aromatic carbocycles. The van der Waals surface area contributed by atoms with Crippen molar-refractivity contribution in [2.75, 3.05) is 17.5 Å². The lowest BCUT2D eigenvalue weighted by atomic mass is 9.87. The van der Waals surface area contributed by atoms with Crippen LogP contribution in [0.1, 0.15) is 26.3 Å². The van der Waals surface area contributed by atoms with E-state index in [1.807, 2.05) is 42.5 Å². The molecule has 0 spiro atoms. The maximum absolute atomic E-state index is 13.0. The van der Waals surface area contributed by atoms with Gasteiger partial charge in [-0.2, -0.15) is 0 Å². The molecule has 5 nitrogen and oxygen atoms in total. The third-order valence-corrected chi connectivity index (χ3v) is 7.04. The Kier molecular flexibility index (Phi) is 4.79. The molecule has 4 rings (SSSR count). The van der Waals surface area contributed by atoms with E-state index in [1.54, 1.807) is 18.2 Å². The maximum Gasteiger partial charge on any atom is 0.265 e. The molecule has 0 saturated heterocycles. The molecule has 1 N–H and O–H groups in total. The Morgan fingerprint density at radius 1 is 1.00 bits per heavy atom. The number of nitrogens with zero attached hydrogens (tertiary/aromatic N) is 1. The zero-order valence-electron chi connectivity index (χ0n) is 16.8. The van der Waals surface area contributed by atoms with Crippen molar-refractivity contribution in [1.82, 2.24) is 0 Å². The summed E-state index contributed by atoms with van der Waals surface area (Å²) in [5.74, 6) is 0.645. The normalized spacial score (nSPS) is 16.2. The minimum Gasteiger partial charge on any atom is -0.491 e. The van der Waals surface area contributed by atoms with Crippen LogP contribution in [0.5, 0.6) is 5.75 Å². The molecule has 29 heavy (non-hydrogen) atoms. The van der Waals surface area contributed by atoms with Gasteiger partial charge >= 0.3 is 0 Å². The second kappa shape index (κ2) is 7.04. The van der Waals surface area contributed by atoms with Crippen LogP contribution >= 0.6 is 0 Å². The molecule has 1 atom stereocenters. The zero-order chi connectivity index (χ0) is 20.8. The van der Waals surface area contributed by atoms with Crippen LogP contribution in [0.15, 0.2) is 65.6 Å². The van der Waals surface area contributed by atoms with Crippen molar-refractivity contribution < 1.29 is 18.3 Å². The molecule has 1 aliphatic rings. The van der Waals surface area contributed by atoms with Crippen molar-refractivity contribution in [3.8, 4) is 5.75 Å². The molecule has 152 valence electrons. The summed E-state index contributed by atoms with van der Waals surface area (Å²) in [6.07, 6.45) is -0.961. The summed E-state index contributed by atoms with van der Waals surface area (Å²) in [5, 5.41) is 12.1. The van der Waals surface area contributed by atoms with Crippen LogP contribution in [0.2, 0.25) is 0 Å². The number of aliphatic hydroxyl groups is 1. The number of aliphatic hydroxyl groups excluding tert-OH is 1. The molecule has 1 aliphatic heterocycles. The summed E-state index contributed by atoms with van der Waals surface area (Å²) < 4.78 is 32.9. The van der Waals surface area contributed by atoms with Crippen molar-refractivity contribution in [1.29, 1.82) is 0 Å². The van der Waals surface area contributed by atoms with Crippen molar-refractivity contribution in [3.05, 3.63) is 66.2 Å². The van der Waals surface area contributed by atoms with Gasteiger partial charge in [0.25, 0.3) is 10.0 Å². The molecular formula is C23H25NO4S. The van der Waals surface area contributed by atoms with Crippen LogP contribution in [-0.2, 0) is 15.4 Å². The fraction of sp³-hybridized carbons (Fsp3) is 0.304. The summed E-state index contributed by atoms with van der Waals surface area (Å²) >= 11 is 0. The van der Waals surface area contributed by atoms with Gasteiger partial charge in [0.15, 0.2) is 0 Å². The number of ether oxygens (including phenoxy) is 1. The van der Waals surface area contributed by atoms with Gasteiger partial charge in [0, 0.05) is 5.39 Å². The number of anilines is 1. The maximum atomic E-state index is 13.0. The van der Waals surface area contributed by atoms with E-state index in [-0.39, 0.29) is 23.5 Å². The van der Waals surface area contributed by atoms with Crippen molar-refractivity contribution >= 4 is 26.5 Å². The van der Waals surface area contributed by atoms with Gasteiger partial charge in [-0.1, -0.05) is 57.2 Å². The molecule has 6 heteroatoms. The highest BCUT2D eigenvalue weighted by molar-refractivity contribution is 7.93. The molecular weight excluding hydrogens is 386 g/mol. The minimum atomic E-state index is -3.68. The van der Waals surface area contributed by atoms with Crippen molar-refractivity contribution in [3.63, 3.8) is 0 Å². The van der Waals surface area contributed by atoms with Crippen LogP contribution in [0.4, 0.5) is 5.69 Å². The van der Waals surface area contributed by atoms with E-state index in [0.717, 1.165) is 5.39 Å². The van der Waals surface area contributed by atoms with Gasteiger partial charge in [0.1, 0.15) is 18.5 Å². The summed E-state index contributed by atoms with van der Waals surface area (Å²) in [6.45, 7) is 6.37. The second-order valence-electron chi connectivity index (χ2n) is 8.41. The molecule has 1 heterocycles. The van der Waals surface area contributed by atoms with E-state index in [9.17, 15) is 13.5 Å². The lowest BCUT2D eigenvalue weighted by Crippen LogP contribution is -2.37. The fourth-order valence-corrected chi connectivity index (χ4v) is 5.39. The van der Waals surface area contributed by atoms with Gasteiger partial charge in [-0.15, -0.1) is 0 Å². The van der Waals surface area contributed by atoms with E-state index in [0.29, 0.717) is 16.8 Å². The summed E-state index contributed by atoms with van der Waals surface area (Å²) in [7, 11) is -3.68. The minimum absolute atomic E-state index is 0.00715. The Morgan fingerprint density at radius 3 is 2.31 bits per heavy atom. The van der Waals surface area contributed by atoms with Gasteiger partial charge < -0.3 is 9.84 Å². The number of hydrogen-bond donors (Lipinski definition) is 1. The Bertz CT molecular complexity index is 1140. The Balaban J connectivity index is 1.48. The van der Waals surface area contributed by atoms with Crippen LogP contribution in [-0.4, -0.2) is 32.8 Å². The number of rotatable bonds is 5. The topological polar surface area (TPSA) is 66.8 Å². The van der Waals surface area contributed by atoms with Crippen LogP contribution < -0.4 is 9.04 Å². The van der Waals surface area contributed by atoms with Gasteiger partial charge in [-0.05, 0) is 40.6 Å². The predicted octanol–water partition coefficient (Wildman–Crippen LogP) is 4.09. The fourth-order valence-electron chi connectivity index (χ4n) is 3.64. The first-order valence-electron chi connectivity index (χ1n) is 9.64. The zero-order valence-corrected chi connectivity index (χ0v) is 17.6. The van der Waals surface area contributed by atoms with E-state index in [1.165, 1.54) is 9.87 Å². The molecule has 3 aromatic rings. The molecule has 0 unspecified atom stereocenters. The lowest BCUT2D eigenvalue weighted by Gasteiger charge is -2.23. The standard InChI is InChI=1S/C23H25NO4S/c1-23(2,3)17-10-12-19(13-11-17)28-15-18(25)14-24-20-8-4-6-16-7-5-9-21(22(16)20)29(24,26)27/h4-13,18,25H,14-15H2,1-3H3/t18-/m1/s1. The molecule has 0 fully saturated rings. The van der Waals surface area contributed by atoms with Crippen molar-refractivity contribution in [2.24, 2.45) is 0 Å². The second-order valence-corrected chi connectivity index (χ2v) is 10.2. The number of benzene rings is 3. The Hall–Kier alpha value is -2.57. The monoisotopic (exact) mass is 411 g/mol. The SMILES string of the molecule is CC(C)(C)c1ccc(OC[C@H](O)CN2c3cccc4cccc(c34)S2(=O)=O)cc1. The average molecular weight is 412 g/mol. The van der Waals surface area contributed by atoms with Crippen molar-refractivity contribution in [2.45, 2.75) is 37.2 Å². The van der Waals surface area contributed by atoms with Crippen LogP contribution in [0.25, 0.3) is 10.8 Å². The van der Waals surface area contributed by atoms with E-state index >= 15 is 0 Å². The Morgan fingerprint density at radius 2 is 1.66 bits per heavy atom. The summed E-state index contributed by atoms with van der Waals surface area (Å²) in [4.78, 5) is 0.288. The molecule has 0 amide bonds. The first kappa shape index (κ1) is 19.7. The largest absolute Gasteiger partial charge is 0.491 e. The van der Waals surface area contributed by atoms with Crippen LogP contribution in [0, 0.1) is 0 Å². The highest BCUT2D eigenvalue weighted by Gasteiger charge is 2.36. The highest BCUT2D eigenvalue weighted by atomic mass is 32.2. The number of sulfonamides is 1. The highest BCUT2D eigenvalue weighted by Crippen LogP contribution is 2.41.